The van der Waals surface area contributed by atoms with Crippen LogP contribution < -0.4 is 0 Å². The van der Waals surface area contributed by atoms with E-state index in [0.717, 1.165) is 22.3 Å². The Bertz CT molecular complexity index is 870. The maximum absolute atomic E-state index is 12.6. The third-order valence-electron chi connectivity index (χ3n) is 6.56. The molecular formula is C25H32N2O3. The second-order valence-corrected chi connectivity index (χ2v) is 8.88. The first-order valence-corrected chi connectivity index (χ1v) is 10.9. The summed E-state index contributed by atoms with van der Waals surface area (Å²) in [6.45, 7) is 6.91. The molecule has 2 aromatic carbocycles. The Morgan fingerprint density at radius 3 is 2.37 bits per heavy atom. The Kier molecular flexibility index (Phi) is 5.96. The standard InChI is InChI=1S/C25H32N2O3/c1-18(2)23-15-22(17-27(28)16-20-11-7-5-8-12-20)29-25(23)26(4)19(3)24(30-25)21-13-9-6-10-14-21/h5-14,17-19,22-24H,15-16H2,1-4H3/b27-17+/t19-,22-,23-,24+,25-/m0/s1. The van der Waals surface area contributed by atoms with E-state index in [0.29, 0.717) is 12.5 Å². The highest BCUT2D eigenvalue weighted by Gasteiger charge is 2.61. The molecule has 2 saturated heterocycles. The normalized spacial score (nSPS) is 32.4. The van der Waals surface area contributed by atoms with E-state index in [4.69, 9.17) is 9.47 Å². The zero-order valence-corrected chi connectivity index (χ0v) is 18.3. The fourth-order valence-corrected chi connectivity index (χ4v) is 4.84. The molecule has 160 valence electrons. The van der Waals surface area contributed by atoms with Gasteiger partial charge in [0.1, 0.15) is 12.2 Å². The number of hydroxylamine groups is 1. The number of benzene rings is 2. The summed E-state index contributed by atoms with van der Waals surface area (Å²) >= 11 is 0. The fraction of sp³-hybridized carbons (Fsp3) is 0.480. The monoisotopic (exact) mass is 408 g/mol. The van der Waals surface area contributed by atoms with Crippen LogP contribution in [0, 0.1) is 17.0 Å². The van der Waals surface area contributed by atoms with E-state index in [1.807, 2.05) is 48.5 Å². The quantitative estimate of drug-likeness (QED) is 0.315. The highest BCUT2D eigenvalue weighted by Crippen LogP contribution is 2.51. The Balaban J connectivity index is 1.57. The molecule has 2 fully saturated rings. The van der Waals surface area contributed by atoms with Crippen LogP contribution in [0.4, 0.5) is 0 Å². The van der Waals surface area contributed by atoms with Crippen LogP contribution in [0.3, 0.4) is 0 Å². The number of ether oxygens (including phenoxy) is 2. The van der Waals surface area contributed by atoms with Crippen molar-refractivity contribution in [2.75, 3.05) is 7.05 Å². The molecule has 4 rings (SSSR count). The first-order valence-electron chi connectivity index (χ1n) is 10.9. The molecule has 0 aromatic heterocycles. The molecule has 0 aliphatic carbocycles. The Morgan fingerprint density at radius 2 is 1.73 bits per heavy atom. The van der Waals surface area contributed by atoms with Gasteiger partial charge in [0, 0.05) is 17.5 Å². The minimum absolute atomic E-state index is 0.0659. The molecule has 1 spiro atoms. The van der Waals surface area contributed by atoms with Gasteiger partial charge in [-0.25, -0.2) is 9.64 Å². The molecule has 0 saturated carbocycles. The van der Waals surface area contributed by atoms with Gasteiger partial charge in [-0.2, -0.15) is 0 Å². The third-order valence-corrected chi connectivity index (χ3v) is 6.56. The summed E-state index contributed by atoms with van der Waals surface area (Å²) < 4.78 is 14.2. The average Bonchev–Trinajstić information content (AvgIpc) is 3.22. The maximum Gasteiger partial charge on any atom is 0.234 e. The van der Waals surface area contributed by atoms with Crippen molar-refractivity contribution in [3.63, 3.8) is 0 Å². The van der Waals surface area contributed by atoms with Gasteiger partial charge in [0.15, 0.2) is 12.8 Å². The summed E-state index contributed by atoms with van der Waals surface area (Å²) in [6.07, 6.45) is 2.10. The van der Waals surface area contributed by atoms with E-state index < -0.39 is 5.91 Å². The third kappa shape index (κ3) is 3.89. The van der Waals surface area contributed by atoms with Crippen molar-refractivity contribution < 1.29 is 14.2 Å². The van der Waals surface area contributed by atoms with Crippen LogP contribution in [0.2, 0.25) is 0 Å². The molecule has 5 heteroatoms. The van der Waals surface area contributed by atoms with Crippen LogP contribution >= 0.6 is 0 Å². The summed E-state index contributed by atoms with van der Waals surface area (Å²) in [5.41, 5.74) is 2.14. The molecular weight excluding hydrogens is 376 g/mol. The van der Waals surface area contributed by atoms with Gasteiger partial charge < -0.3 is 14.7 Å². The van der Waals surface area contributed by atoms with Gasteiger partial charge >= 0.3 is 0 Å². The molecule has 2 heterocycles. The zero-order chi connectivity index (χ0) is 21.3. The van der Waals surface area contributed by atoms with Gasteiger partial charge in [-0.3, -0.25) is 0 Å². The lowest BCUT2D eigenvalue weighted by Gasteiger charge is -2.37. The molecule has 0 amide bonds. The molecule has 0 bridgehead atoms. The number of nitrogens with zero attached hydrogens (tertiary/aromatic N) is 2. The van der Waals surface area contributed by atoms with Gasteiger partial charge in [0.05, 0.1) is 0 Å². The summed E-state index contributed by atoms with van der Waals surface area (Å²) in [6, 6.07) is 20.3. The summed E-state index contributed by atoms with van der Waals surface area (Å²) in [5.74, 6) is -0.283. The van der Waals surface area contributed by atoms with E-state index in [-0.39, 0.29) is 24.2 Å². The Labute approximate surface area is 179 Å². The SMILES string of the molecule is CC(C)[C@@H]1C[C@@H](/C=[N+](/[O-])Cc2ccccc2)O[C@]12O[C@@H](c1ccccc1)[C@H](C)N2C. The van der Waals surface area contributed by atoms with Crippen molar-refractivity contribution >= 4 is 6.21 Å². The van der Waals surface area contributed by atoms with Crippen LogP contribution in [-0.2, 0) is 16.0 Å². The zero-order valence-electron chi connectivity index (χ0n) is 18.3. The van der Waals surface area contributed by atoms with Crippen LogP contribution in [0.15, 0.2) is 60.7 Å². The summed E-state index contributed by atoms with van der Waals surface area (Å²) in [5, 5.41) is 12.6. The molecule has 30 heavy (non-hydrogen) atoms. The van der Waals surface area contributed by atoms with Crippen LogP contribution in [0.5, 0.6) is 0 Å². The second-order valence-electron chi connectivity index (χ2n) is 8.88. The number of likely N-dealkylation sites (N-methyl/N-ethyl adjacent to an activating group) is 1. The lowest BCUT2D eigenvalue weighted by molar-refractivity contribution is -0.473. The van der Waals surface area contributed by atoms with E-state index >= 15 is 0 Å². The molecule has 0 radical (unpaired) electrons. The highest BCUT2D eigenvalue weighted by atomic mass is 16.7. The van der Waals surface area contributed by atoms with E-state index in [9.17, 15) is 5.21 Å². The molecule has 2 aromatic rings. The minimum atomic E-state index is -0.817. The lowest BCUT2D eigenvalue weighted by atomic mass is 9.89. The predicted octanol–water partition coefficient (Wildman–Crippen LogP) is 4.57. The minimum Gasteiger partial charge on any atom is -0.624 e. The molecule has 2 aliphatic heterocycles. The van der Waals surface area contributed by atoms with Crippen LogP contribution in [0.25, 0.3) is 0 Å². The predicted molar refractivity (Wildman–Crippen MR) is 118 cm³/mol. The molecule has 0 N–H and O–H groups in total. The Hall–Kier alpha value is -2.21. The van der Waals surface area contributed by atoms with Crippen LogP contribution in [0.1, 0.15) is 44.4 Å². The molecule has 5 atom stereocenters. The largest absolute Gasteiger partial charge is 0.624 e. The van der Waals surface area contributed by atoms with E-state index in [2.05, 4.69) is 44.9 Å². The molecule has 0 unspecified atom stereocenters. The van der Waals surface area contributed by atoms with E-state index in [1.54, 1.807) is 6.21 Å². The maximum atomic E-state index is 12.6. The average molecular weight is 409 g/mol. The van der Waals surface area contributed by atoms with Crippen molar-refractivity contribution in [3.8, 4) is 0 Å². The Morgan fingerprint density at radius 1 is 1.10 bits per heavy atom. The summed E-state index contributed by atoms with van der Waals surface area (Å²) in [4.78, 5) is 2.22. The number of hydrogen-bond acceptors (Lipinski definition) is 4. The van der Waals surface area contributed by atoms with Gasteiger partial charge in [0.2, 0.25) is 5.91 Å². The van der Waals surface area contributed by atoms with Gasteiger partial charge in [-0.1, -0.05) is 74.5 Å². The first-order chi connectivity index (χ1) is 14.4. The summed E-state index contributed by atoms with van der Waals surface area (Å²) in [7, 11) is 2.07. The topological polar surface area (TPSA) is 47.8 Å². The first kappa shape index (κ1) is 21.0. The van der Waals surface area contributed by atoms with Crippen molar-refractivity contribution in [2.24, 2.45) is 11.8 Å². The van der Waals surface area contributed by atoms with Crippen molar-refractivity contribution in [3.05, 3.63) is 77.0 Å². The van der Waals surface area contributed by atoms with E-state index in [1.165, 1.54) is 0 Å². The molecule has 2 aliphatic rings. The van der Waals surface area contributed by atoms with Gasteiger partial charge in [0.25, 0.3) is 0 Å². The van der Waals surface area contributed by atoms with Crippen molar-refractivity contribution in [1.82, 2.24) is 4.90 Å². The molecule has 5 nitrogen and oxygen atoms in total. The second kappa shape index (κ2) is 8.50. The van der Waals surface area contributed by atoms with Crippen molar-refractivity contribution in [2.45, 2.75) is 57.9 Å². The highest BCUT2D eigenvalue weighted by molar-refractivity contribution is 5.58. The van der Waals surface area contributed by atoms with Gasteiger partial charge in [-0.15, -0.1) is 0 Å². The van der Waals surface area contributed by atoms with Crippen molar-refractivity contribution in [1.29, 1.82) is 0 Å². The van der Waals surface area contributed by atoms with Crippen LogP contribution in [-0.4, -0.2) is 41.0 Å². The smallest absolute Gasteiger partial charge is 0.234 e. The lowest BCUT2D eigenvalue weighted by Crippen LogP contribution is -2.51. The number of hydrogen-bond donors (Lipinski definition) is 0. The number of rotatable bonds is 5. The van der Waals surface area contributed by atoms with Gasteiger partial charge in [-0.05, 0) is 31.9 Å². The fourth-order valence-electron chi connectivity index (χ4n) is 4.84.